The van der Waals surface area contributed by atoms with Gasteiger partial charge in [0.2, 0.25) is 11.5 Å². The van der Waals surface area contributed by atoms with Gasteiger partial charge in [-0.05, 0) is 25.7 Å². The first-order chi connectivity index (χ1) is 12.1. The van der Waals surface area contributed by atoms with E-state index in [4.69, 9.17) is 9.47 Å². The van der Waals surface area contributed by atoms with Crippen LogP contribution in [-0.4, -0.2) is 69.4 Å². The first kappa shape index (κ1) is 19.1. The highest BCUT2D eigenvalue weighted by atomic mass is 16.7. The van der Waals surface area contributed by atoms with Crippen molar-refractivity contribution in [2.45, 2.75) is 71.1 Å². The van der Waals surface area contributed by atoms with Crippen LogP contribution < -0.4 is 0 Å². The van der Waals surface area contributed by atoms with Crippen molar-refractivity contribution in [2.75, 3.05) is 13.2 Å². The Labute approximate surface area is 153 Å². The number of carbonyl (C=O) groups excluding carboxylic acids is 3. The van der Waals surface area contributed by atoms with Crippen LogP contribution in [0.1, 0.15) is 47.5 Å². The standard InChI is InChI=1S/C18H28N2O6/c1-6-25-16(23)17(11(4)5)15(22)20-13(10(2)3)14(21)19-9-7-8-12(19)18(20,24)26-17/h10-13,24H,6-9H2,1-5H3/t12?,13-,17-,18-/m0/s1. The van der Waals surface area contributed by atoms with Gasteiger partial charge in [0, 0.05) is 12.5 Å². The summed E-state index contributed by atoms with van der Waals surface area (Å²) in [5, 5.41) is 11.5. The molecule has 8 nitrogen and oxygen atoms in total. The minimum atomic E-state index is -2.02. The van der Waals surface area contributed by atoms with Gasteiger partial charge in [0.05, 0.1) is 6.61 Å². The molecular weight excluding hydrogens is 340 g/mol. The van der Waals surface area contributed by atoms with Crippen molar-refractivity contribution in [2.24, 2.45) is 11.8 Å². The maximum Gasteiger partial charge on any atom is 0.348 e. The zero-order valence-electron chi connectivity index (χ0n) is 16.0. The van der Waals surface area contributed by atoms with Crippen molar-refractivity contribution in [1.82, 2.24) is 9.80 Å². The molecule has 4 atom stereocenters. The van der Waals surface area contributed by atoms with Crippen molar-refractivity contribution in [3.05, 3.63) is 0 Å². The molecule has 0 aromatic carbocycles. The molecule has 0 spiro atoms. The average Bonchev–Trinajstić information content (AvgIpc) is 3.13. The Morgan fingerprint density at radius 2 is 2.00 bits per heavy atom. The highest BCUT2D eigenvalue weighted by Crippen LogP contribution is 2.49. The average molecular weight is 368 g/mol. The van der Waals surface area contributed by atoms with Crippen molar-refractivity contribution < 1.29 is 29.0 Å². The van der Waals surface area contributed by atoms with Crippen LogP contribution in [0.15, 0.2) is 0 Å². The minimum Gasteiger partial charge on any atom is -0.463 e. The third-order valence-electron chi connectivity index (χ3n) is 5.72. The first-order valence-electron chi connectivity index (χ1n) is 9.36. The fraction of sp³-hybridized carbons (Fsp3) is 0.833. The fourth-order valence-electron chi connectivity index (χ4n) is 4.46. The van der Waals surface area contributed by atoms with Gasteiger partial charge in [-0.2, -0.15) is 0 Å². The highest BCUT2D eigenvalue weighted by molar-refractivity contribution is 6.09. The molecule has 1 unspecified atom stereocenters. The summed E-state index contributed by atoms with van der Waals surface area (Å²) in [6, 6.07) is -1.55. The van der Waals surface area contributed by atoms with Gasteiger partial charge in [0.1, 0.15) is 12.1 Å². The van der Waals surface area contributed by atoms with Gasteiger partial charge in [0.25, 0.3) is 11.8 Å². The first-order valence-corrected chi connectivity index (χ1v) is 9.36. The Morgan fingerprint density at radius 1 is 1.35 bits per heavy atom. The predicted molar refractivity (Wildman–Crippen MR) is 90.4 cm³/mol. The molecule has 3 aliphatic heterocycles. The number of hydrogen-bond acceptors (Lipinski definition) is 6. The Balaban J connectivity index is 2.16. The lowest BCUT2D eigenvalue weighted by molar-refractivity contribution is -0.319. The molecule has 26 heavy (non-hydrogen) atoms. The van der Waals surface area contributed by atoms with Crippen LogP contribution in [0.2, 0.25) is 0 Å². The van der Waals surface area contributed by atoms with Crippen molar-refractivity contribution in [3.63, 3.8) is 0 Å². The largest absolute Gasteiger partial charge is 0.463 e. The molecule has 0 saturated carbocycles. The number of fused-ring (bicyclic) bond motifs is 3. The van der Waals surface area contributed by atoms with Crippen LogP contribution in [0.5, 0.6) is 0 Å². The molecule has 8 heteroatoms. The number of nitrogens with zero attached hydrogens (tertiary/aromatic N) is 2. The van der Waals surface area contributed by atoms with E-state index in [0.717, 1.165) is 4.90 Å². The number of ether oxygens (including phenoxy) is 2. The molecule has 3 rings (SSSR count). The zero-order valence-corrected chi connectivity index (χ0v) is 16.0. The third-order valence-corrected chi connectivity index (χ3v) is 5.72. The lowest BCUT2D eigenvalue weighted by atomic mass is 9.88. The number of carbonyl (C=O) groups is 3. The lowest BCUT2D eigenvalue weighted by Crippen LogP contribution is -2.72. The quantitative estimate of drug-likeness (QED) is 0.573. The van der Waals surface area contributed by atoms with Gasteiger partial charge in [-0.3, -0.25) is 14.5 Å². The van der Waals surface area contributed by atoms with Gasteiger partial charge in [-0.1, -0.05) is 27.7 Å². The van der Waals surface area contributed by atoms with Crippen molar-refractivity contribution in [3.8, 4) is 0 Å². The Morgan fingerprint density at radius 3 is 2.54 bits per heavy atom. The fourth-order valence-corrected chi connectivity index (χ4v) is 4.46. The van der Waals surface area contributed by atoms with Crippen molar-refractivity contribution in [1.29, 1.82) is 0 Å². The molecule has 0 radical (unpaired) electrons. The van der Waals surface area contributed by atoms with Gasteiger partial charge in [-0.15, -0.1) is 0 Å². The summed E-state index contributed by atoms with van der Waals surface area (Å²) in [5.74, 6) is -4.54. The van der Waals surface area contributed by atoms with Crippen LogP contribution in [-0.2, 0) is 23.9 Å². The molecule has 3 fully saturated rings. The normalized spacial score (nSPS) is 36.8. The van der Waals surface area contributed by atoms with Crippen LogP contribution in [0.25, 0.3) is 0 Å². The molecule has 3 aliphatic rings. The van der Waals surface area contributed by atoms with E-state index in [0.29, 0.717) is 19.4 Å². The maximum absolute atomic E-state index is 13.4. The summed E-state index contributed by atoms with van der Waals surface area (Å²) in [6.45, 7) is 9.22. The number of esters is 1. The molecule has 0 aromatic rings. The Hall–Kier alpha value is -1.67. The van der Waals surface area contributed by atoms with Crippen LogP contribution in [0.3, 0.4) is 0 Å². The summed E-state index contributed by atoms with van der Waals surface area (Å²) in [7, 11) is 0. The van der Waals surface area contributed by atoms with E-state index in [1.807, 2.05) is 13.8 Å². The summed E-state index contributed by atoms with van der Waals surface area (Å²) < 4.78 is 11.1. The zero-order chi connectivity index (χ0) is 19.4. The lowest BCUT2D eigenvalue weighted by Gasteiger charge is -2.49. The van der Waals surface area contributed by atoms with E-state index in [-0.39, 0.29) is 18.4 Å². The molecule has 0 aliphatic carbocycles. The topological polar surface area (TPSA) is 96.4 Å². The van der Waals surface area contributed by atoms with E-state index in [2.05, 4.69) is 0 Å². The van der Waals surface area contributed by atoms with Gasteiger partial charge < -0.3 is 19.5 Å². The molecule has 3 heterocycles. The number of aliphatic hydroxyl groups is 1. The van der Waals surface area contributed by atoms with Gasteiger partial charge in [-0.25, -0.2) is 4.79 Å². The van der Waals surface area contributed by atoms with Crippen molar-refractivity contribution >= 4 is 17.8 Å². The smallest absolute Gasteiger partial charge is 0.348 e. The summed E-state index contributed by atoms with van der Waals surface area (Å²) in [6.07, 6.45) is 1.22. The van der Waals surface area contributed by atoms with Gasteiger partial charge >= 0.3 is 5.97 Å². The van der Waals surface area contributed by atoms with E-state index in [1.165, 1.54) is 0 Å². The summed E-state index contributed by atoms with van der Waals surface area (Å²) in [4.78, 5) is 41.9. The second kappa shape index (κ2) is 6.20. The van der Waals surface area contributed by atoms with E-state index >= 15 is 0 Å². The maximum atomic E-state index is 13.4. The minimum absolute atomic E-state index is 0.0878. The second-order valence-electron chi connectivity index (χ2n) is 7.93. The Bertz CT molecular complexity index is 635. The monoisotopic (exact) mass is 368 g/mol. The number of amides is 2. The number of piperazine rings is 1. The van der Waals surface area contributed by atoms with Crippen LogP contribution in [0, 0.1) is 11.8 Å². The van der Waals surface area contributed by atoms with Gasteiger partial charge in [0.15, 0.2) is 0 Å². The summed E-state index contributed by atoms with van der Waals surface area (Å²) >= 11 is 0. The second-order valence-corrected chi connectivity index (χ2v) is 7.93. The van der Waals surface area contributed by atoms with E-state index in [9.17, 15) is 19.5 Å². The summed E-state index contributed by atoms with van der Waals surface area (Å²) in [5.41, 5.74) is -1.95. The van der Waals surface area contributed by atoms with E-state index in [1.54, 1.807) is 25.7 Å². The SMILES string of the molecule is CCOC(=O)[C@@]1(C(C)C)O[C@@]2(O)C3CCCN3C(=O)[C@H](C(C)C)N2C1=O. The molecular formula is C18H28N2O6. The Kier molecular flexibility index (Phi) is 4.55. The predicted octanol–water partition coefficient (Wildman–Crippen LogP) is 0.478. The number of rotatable bonds is 4. The van der Waals surface area contributed by atoms with Crippen LogP contribution >= 0.6 is 0 Å². The highest BCUT2D eigenvalue weighted by Gasteiger charge is 2.74. The van der Waals surface area contributed by atoms with Crippen LogP contribution in [0.4, 0.5) is 0 Å². The molecule has 146 valence electrons. The third kappa shape index (κ3) is 2.24. The molecule has 1 N–H and O–H groups in total. The number of hydrogen-bond donors (Lipinski definition) is 1. The van der Waals surface area contributed by atoms with E-state index < -0.39 is 41.4 Å². The molecule has 0 aromatic heterocycles. The molecule has 0 bridgehead atoms. The molecule has 3 saturated heterocycles. The molecule has 2 amide bonds.